The van der Waals surface area contributed by atoms with E-state index in [1.165, 1.54) is 71.8 Å². The molecule has 0 atom stereocenters. The number of hydrogen-bond acceptors (Lipinski definition) is 2. The van der Waals surface area contributed by atoms with Crippen molar-refractivity contribution in [2.24, 2.45) is 0 Å². The summed E-state index contributed by atoms with van der Waals surface area (Å²) in [5.41, 5.74) is 6.34. The Morgan fingerprint density at radius 3 is 1.53 bits per heavy atom. The fourth-order valence-corrected chi connectivity index (χ4v) is 4.96. The van der Waals surface area contributed by atoms with Gasteiger partial charge in [0.15, 0.2) is 0 Å². The zero-order valence-corrected chi connectivity index (χ0v) is 20.9. The molecule has 2 heterocycles. The van der Waals surface area contributed by atoms with E-state index in [2.05, 4.69) is 95.7 Å². The topological polar surface area (TPSA) is 6.48 Å². The van der Waals surface area contributed by atoms with Crippen LogP contribution >= 0.6 is 7.81 Å². The summed E-state index contributed by atoms with van der Waals surface area (Å²) in [7, 11) is -8.22. The van der Waals surface area contributed by atoms with Crippen molar-refractivity contribution in [3.8, 4) is 0 Å². The van der Waals surface area contributed by atoms with E-state index in [4.69, 9.17) is 0 Å². The first kappa shape index (κ1) is 26.3. The molecule has 0 saturated carbocycles. The van der Waals surface area contributed by atoms with Gasteiger partial charge in [0.25, 0.3) is 0 Å². The van der Waals surface area contributed by atoms with Crippen molar-refractivity contribution >= 4 is 36.2 Å². The molecule has 1 fully saturated rings. The summed E-state index contributed by atoms with van der Waals surface area (Å²) in [5, 5.41) is 0. The number of piperidine rings is 1. The van der Waals surface area contributed by atoms with Gasteiger partial charge in [0.1, 0.15) is 0 Å². The van der Waals surface area contributed by atoms with Crippen LogP contribution in [0.1, 0.15) is 19.3 Å². The Morgan fingerprint density at radius 2 is 1.06 bits per heavy atom. The Labute approximate surface area is 207 Å². The molecule has 3 aromatic carbocycles. The molecule has 0 N–H and O–H groups in total. The summed E-state index contributed by atoms with van der Waals surface area (Å²) in [6, 6.07) is 28.4. The third-order valence-corrected chi connectivity index (χ3v) is 6.60. The van der Waals surface area contributed by atoms with Crippen molar-refractivity contribution < 1.29 is 29.7 Å². The molecular weight excluding hydrogens is 499 g/mol. The summed E-state index contributed by atoms with van der Waals surface area (Å²) in [4.78, 5) is 4.94. The van der Waals surface area contributed by atoms with Crippen LogP contribution in [0.4, 0.5) is 53.6 Å². The molecule has 0 bridgehead atoms. The fourth-order valence-electron chi connectivity index (χ4n) is 4.96. The molecule has 0 aromatic heterocycles. The number of likely N-dealkylation sites (N-methyl/N-ethyl adjacent to an activating group) is 1. The number of hydrogen-bond donors (Lipinski definition) is 0. The number of halogens is 6. The standard InChI is InChI=1S/C26H30N3.F6P/c1-29(19-10-3-11-20-29)21-18-27-23-14-6-8-16-25(23)28(22-12-4-2-5-13-22)26-17-9-7-15-24(26)27;1-7(2,3,4,5)6/h2,4-9,12-17H,3,10-11,18-21H2,1H3;/q+1;-1. The number of benzene rings is 3. The van der Waals surface area contributed by atoms with Crippen LogP contribution in [0.15, 0.2) is 78.9 Å². The number of para-hydroxylation sites is 5. The molecule has 0 unspecified atom stereocenters. The second-order valence-electron chi connectivity index (χ2n) is 9.61. The van der Waals surface area contributed by atoms with E-state index < -0.39 is 7.81 Å². The first-order valence-electron chi connectivity index (χ1n) is 11.9. The molecule has 3 aromatic rings. The van der Waals surface area contributed by atoms with Gasteiger partial charge < -0.3 is 14.3 Å². The number of quaternary nitrogens is 1. The number of fused-ring (bicyclic) bond motifs is 2. The molecule has 0 amide bonds. The normalized spacial score (nSPS) is 18.6. The number of nitrogens with zero attached hydrogens (tertiary/aromatic N) is 3. The van der Waals surface area contributed by atoms with E-state index >= 15 is 0 Å². The van der Waals surface area contributed by atoms with Gasteiger partial charge >= 0.3 is 33.0 Å². The van der Waals surface area contributed by atoms with Gasteiger partial charge in [-0.3, -0.25) is 0 Å². The zero-order valence-electron chi connectivity index (χ0n) is 20.0. The van der Waals surface area contributed by atoms with Gasteiger partial charge in [-0.15, -0.1) is 0 Å². The van der Waals surface area contributed by atoms with Gasteiger partial charge in [0.2, 0.25) is 0 Å². The van der Waals surface area contributed by atoms with Crippen LogP contribution in [0.25, 0.3) is 0 Å². The molecule has 0 radical (unpaired) electrons. The average molecular weight is 530 g/mol. The molecule has 2 aliphatic heterocycles. The Bertz CT molecular complexity index is 1140. The summed E-state index contributed by atoms with van der Waals surface area (Å²) in [6.45, 7) is 4.86. The minimum absolute atomic E-state index is 1.05. The molecule has 0 spiro atoms. The summed E-state index contributed by atoms with van der Waals surface area (Å²) >= 11 is 0. The zero-order chi connectivity index (χ0) is 26.1. The van der Waals surface area contributed by atoms with Crippen molar-refractivity contribution in [3.63, 3.8) is 0 Å². The van der Waals surface area contributed by atoms with Crippen molar-refractivity contribution in [2.75, 3.05) is 43.0 Å². The first-order chi connectivity index (χ1) is 16.7. The van der Waals surface area contributed by atoms with Crippen LogP contribution in [0.2, 0.25) is 0 Å². The molecule has 3 nitrogen and oxygen atoms in total. The van der Waals surface area contributed by atoms with Gasteiger partial charge in [-0.05, 0) is 55.7 Å². The second kappa shape index (κ2) is 8.96. The van der Waals surface area contributed by atoms with E-state index in [-0.39, 0.29) is 0 Å². The van der Waals surface area contributed by atoms with Crippen molar-refractivity contribution in [1.82, 2.24) is 0 Å². The quantitative estimate of drug-likeness (QED) is 0.189. The molecule has 196 valence electrons. The van der Waals surface area contributed by atoms with Crippen LogP contribution < -0.4 is 9.80 Å². The van der Waals surface area contributed by atoms with Crippen molar-refractivity contribution in [2.45, 2.75) is 19.3 Å². The molecule has 0 aliphatic carbocycles. The van der Waals surface area contributed by atoms with Crippen LogP contribution in [0.3, 0.4) is 0 Å². The van der Waals surface area contributed by atoms with Crippen LogP contribution in [-0.2, 0) is 0 Å². The Kier molecular flexibility index (Phi) is 6.55. The fraction of sp³-hybridized carbons (Fsp3) is 0.308. The summed E-state index contributed by atoms with van der Waals surface area (Å²) in [5.74, 6) is 0. The number of likely N-dealkylation sites (tertiary alicyclic amines) is 1. The van der Waals surface area contributed by atoms with Gasteiger partial charge in [0.05, 0.1) is 56.0 Å². The van der Waals surface area contributed by atoms with E-state index in [1.54, 1.807) is 0 Å². The third-order valence-electron chi connectivity index (χ3n) is 6.60. The van der Waals surface area contributed by atoms with E-state index in [0.29, 0.717) is 0 Å². The third kappa shape index (κ3) is 7.14. The van der Waals surface area contributed by atoms with E-state index in [1.807, 2.05) is 0 Å². The van der Waals surface area contributed by atoms with Crippen molar-refractivity contribution in [1.29, 1.82) is 0 Å². The van der Waals surface area contributed by atoms with Gasteiger partial charge in [0, 0.05) is 5.69 Å². The Morgan fingerprint density at radius 1 is 0.639 bits per heavy atom. The first-order valence-corrected chi connectivity index (χ1v) is 13.9. The molecule has 5 rings (SSSR count). The molecule has 1 saturated heterocycles. The Hall–Kier alpha value is -2.77. The van der Waals surface area contributed by atoms with Crippen LogP contribution in [0.5, 0.6) is 0 Å². The second-order valence-corrected chi connectivity index (χ2v) is 11.5. The molecule has 2 aliphatic rings. The maximum atomic E-state index is 9.87. The summed E-state index contributed by atoms with van der Waals surface area (Å²) < 4.78 is 60.4. The maximum absolute atomic E-state index is 10.7. The van der Waals surface area contributed by atoms with E-state index in [0.717, 1.165) is 6.54 Å². The minimum atomic E-state index is -10.7. The number of anilines is 5. The van der Waals surface area contributed by atoms with Crippen LogP contribution in [0, 0.1) is 0 Å². The molecular formula is C26H30F6N3P. The van der Waals surface area contributed by atoms with Crippen molar-refractivity contribution in [3.05, 3.63) is 78.9 Å². The molecule has 10 heteroatoms. The predicted octanol–water partition coefficient (Wildman–Crippen LogP) is 9.62. The van der Waals surface area contributed by atoms with Gasteiger partial charge in [-0.2, -0.15) is 0 Å². The average Bonchev–Trinajstić information content (AvgIpc) is 2.81. The van der Waals surface area contributed by atoms with E-state index in [9.17, 15) is 25.2 Å². The van der Waals surface area contributed by atoms with Gasteiger partial charge in [-0.25, -0.2) is 0 Å². The SMILES string of the molecule is C[N+]1(CCN2c3ccccc3N(c3ccccc3)c3ccccc32)CCCCC1.F[P-](F)(F)(F)(F)F. The number of rotatable bonds is 4. The van der Waals surface area contributed by atoms with Crippen LogP contribution in [-0.4, -0.2) is 37.7 Å². The predicted molar refractivity (Wildman–Crippen MR) is 136 cm³/mol. The monoisotopic (exact) mass is 529 g/mol. The summed E-state index contributed by atoms with van der Waals surface area (Å²) in [6.07, 6.45) is 4.13. The Balaban J connectivity index is 0.000000384. The molecule has 36 heavy (non-hydrogen) atoms. The van der Waals surface area contributed by atoms with Gasteiger partial charge in [-0.1, -0.05) is 42.5 Å².